The van der Waals surface area contributed by atoms with Gasteiger partial charge in [0.1, 0.15) is 0 Å². The van der Waals surface area contributed by atoms with Crippen LogP contribution >= 0.6 is 11.6 Å². The van der Waals surface area contributed by atoms with Crippen molar-refractivity contribution >= 4 is 29.3 Å². The van der Waals surface area contributed by atoms with E-state index in [1.807, 2.05) is 23.1 Å². The van der Waals surface area contributed by atoms with E-state index in [0.29, 0.717) is 37.4 Å². The van der Waals surface area contributed by atoms with Gasteiger partial charge in [-0.3, -0.25) is 14.4 Å². The van der Waals surface area contributed by atoms with Crippen molar-refractivity contribution in [1.29, 1.82) is 0 Å². The van der Waals surface area contributed by atoms with Crippen molar-refractivity contribution in [1.82, 2.24) is 4.90 Å². The van der Waals surface area contributed by atoms with Gasteiger partial charge in [0.2, 0.25) is 5.91 Å². The Balaban J connectivity index is 1.72. The normalized spacial score (nSPS) is 16.6. The molecule has 0 bridgehead atoms. The number of amides is 1. The summed E-state index contributed by atoms with van der Waals surface area (Å²) in [4.78, 5) is 37.6. The van der Waals surface area contributed by atoms with Crippen LogP contribution in [-0.4, -0.2) is 41.8 Å². The Morgan fingerprint density at radius 3 is 2.79 bits per heavy atom. The van der Waals surface area contributed by atoms with E-state index < -0.39 is 0 Å². The minimum atomic E-state index is -0.144. The molecule has 0 spiro atoms. The van der Waals surface area contributed by atoms with Gasteiger partial charge in [-0.1, -0.05) is 42.7 Å². The number of benzene rings is 1. The van der Waals surface area contributed by atoms with Gasteiger partial charge in [-0.15, -0.1) is 0 Å². The molecule has 1 aromatic rings. The highest BCUT2D eigenvalue weighted by Gasteiger charge is 2.28. The number of carbonyl (C=O) groups is 3. The average molecular weight is 420 g/mol. The molecular weight excluding hydrogens is 390 g/mol. The summed E-state index contributed by atoms with van der Waals surface area (Å²) in [6, 6.07) is 7.28. The molecule has 0 unspecified atom stereocenters. The highest BCUT2D eigenvalue weighted by Crippen LogP contribution is 2.21. The number of esters is 1. The fourth-order valence-electron chi connectivity index (χ4n) is 3.51. The maximum Gasteiger partial charge on any atom is 0.305 e. The minimum Gasteiger partial charge on any atom is -0.466 e. The summed E-state index contributed by atoms with van der Waals surface area (Å²) in [7, 11) is 0. The standard InChI is InChI=1S/C23H30ClNO4/c1-2-29-23(28)10-5-3-4-6-15-25-20(12-14-22(25)27)11-13-21(26)17-18-8-7-9-19(24)16-18/h7-9,11,13,16,20H,2-6,10,12,14-15,17H2,1H3/t20-/m1/s1. The van der Waals surface area contributed by atoms with E-state index in [-0.39, 0.29) is 23.7 Å². The Kier molecular flexibility index (Phi) is 9.92. The predicted molar refractivity (Wildman–Crippen MR) is 114 cm³/mol. The van der Waals surface area contributed by atoms with Gasteiger partial charge in [0.15, 0.2) is 5.78 Å². The number of ether oxygens (including phenoxy) is 1. The van der Waals surface area contributed by atoms with Crippen LogP contribution < -0.4 is 0 Å². The molecule has 1 aliphatic rings. The lowest BCUT2D eigenvalue weighted by molar-refractivity contribution is -0.143. The highest BCUT2D eigenvalue weighted by molar-refractivity contribution is 6.30. The van der Waals surface area contributed by atoms with Crippen LogP contribution in [-0.2, 0) is 25.5 Å². The van der Waals surface area contributed by atoms with Crippen LogP contribution in [0.2, 0.25) is 5.02 Å². The zero-order valence-corrected chi connectivity index (χ0v) is 17.8. The number of rotatable bonds is 12. The maximum atomic E-state index is 12.2. The van der Waals surface area contributed by atoms with Crippen molar-refractivity contribution in [2.45, 2.75) is 64.3 Å². The SMILES string of the molecule is CCOC(=O)CCCCCCN1C(=O)CC[C@H]1C=CC(=O)Cc1cccc(Cl)c1. The second kappa shape index (κ2) is 12.4. The number of nitrogens with zero attached hydrogens (tertiary/aromatic N) is 1. The second-order valence-electron chi connectivity index (χ2n) is 7.29. The number of allylic oxidation sites excluding steroid dienone is 1. The van der Waals surface area contributed by atoms with Gasteiger partial charge in [-0.05, 0) is 50.0 Å². The summed E-state index contributed by atoms with van der Waals surface area (Å²) in [5.74, 6) is 0.00820. The molecule has 6 heteroatoms. The minimum absolute atomic E-state index is 0.00512. The van der Waals surface area contributed by atoms with E-state index in [1.165, 1.54) is 0 Å². The summed E-state index contributed by atoms with van der Waals surface area (Å²) in [6.07, 6.45) is 9.11. The molecule has 1 atom stereocenters. The summed E-state index contributed by atoms with van der Waals surface area (Å²) >= 11 is 5.96. The third-order valence-electron chi connectivity index (χ3n) is 4.98. The highest BCUT2D eigenvalue weighted by atomic mass is 35.5. The molecule has 1 amide bonds. The quantitative estimate of drug-likeness (QED) is 0.284. The molecule has 0 N–H and O–H groups in total. The van der Waals surface area contributed by atoms with Gasteiger partial charge < -0.3 is 9.64 Å². The molecule has 1 heterocycles. The van der Waals surface area contributed by atoms with E-state index in [4.69, 9.17) is 16.3 Å². The van der Waals surface area contributed by atoms with Crippen LogP contribution in [0.5, 0.6) is 0 Å². The van der Waals surface area contributed by atoms with Gasteiger partial charge in [0, 0.05) is 30.8 Å². The first kappa shape index (κ1) is 23.1. The van der Waals surface area contributed by atoms with Crippen molar-refractivity contribution in [3.8, 4) is 0 Å². The van der Waals surface area contributed by atoms with Gasteiger partial charge in [-0.2, -0.15) is 0 Å². The number of carbonyl (C=O) groups excluding carboxylic acids is 3. The number of ketones is 1. The zero-order valence-electron chi connectivity index (χ0n) is 17.1. The summed E-state index contributed by atoms with van der Waals surface area (Å²) in [5.41, 5.74) is 0.884. The second-order valence-corrected chi connectivity index (χ2v) is 7.73. The lowest BCUT2D eigenvalue weighted by Crippen LogP contribution is -2.32. The first-order valence-corrected chi connectivity index (χ1v) is 10.8. The van der Waals surface area contributed by atoms with E-state index in [2.05, 4.69) is 0 Å². The number of likely N-dealkylation sites (tertiary alicyclic amines) is 1. The smallest absolute Gasteiger partial charge is 0.305 e. The first-order chi connectivity index (χ1) is 14.0. The zero-order chi connectivity index (χ0) is 21.1. The fourth-order valence-corrected chi connectivity index (χ4v) is 3.72. The predicted octanol–water partition coefficient (Wildman–Crippen LogP) is 4.51. The molecule has 29 heavy (non-hydrogen) atoms. The monoisotopic (exact) mass is 419 g/mol. The van der Waals surface area contributed by atoms with Crippen LogP contribution in [0.3, 0.4) is 0 Å². The molecule has 0 saturated carbocycles. The first-order valence-electron chi connectivity index (χ1n) is 10.4. The maximum absolute atomic E-state index is 12.2. The summed E-state index contributed by atoms with van der Waals surface area (Å²) < 4.78 is 4.91. The summed E-state index contributed by atoms with van der Waals surface area (Å²) in [5, 5.41) is 0.620. The van der Waals surface area contributed by atoms with Crippen molar-refractivity contribution in [2.24, 2.45) is 0 Å². The van der Waals surface area contributed by atoms with Crippen LogP contribution in [0.4, 0.5) is 0 Å². The Labute approximate surface area is 178 Å². The van der Waals surface area contributed by atoms with Crippen LogP contribution in [0, 0.1) is 0 Å². The average Bonchev–Trinajstić information content (AvgIpc) is 3.03. The van der Waals surface area contributed by atoms with Crippen LogP contribution in [0.25, 0.3) is 0 Å². The van der Waals surface area contributed by atoms with Crippen LogP contribution in [0.15, 0.2) is 36.4 Å². The third-order valence-corrected chi connectivity index (χ3v) is 5.22. The third kappa shape index (κ3) is 8.40. The molecule has 2 rings (SSSR count). The molecule has 158 valence electrons. The molecule has 1 aromatic carbocycles. The number of hydrogen-bond donors (Lipinski definition) is 0. The lowest BCUT2D eigenvalue weighted by Gasteiger charge is -2.22. The van der Waals surface area contributed by atoms with E-state index >= 15 is 0 Å². The Bertz CT molecular complexity index is 731. The van der Waals surface area contributed by atoms with Crippen molar-refractivity contribution in [3.05, 3.63) is 47.0 Å². The van der Waals surface area contributed by atoms with E-state index in [0.717, 1.165) is 37.7 Å². The molecule has 0 aromatic heterocycles. The number of hydrogen-bond acceptors (Lipinski definition) is 4. The number of halogens is 1. The van der Waals surface area contributed by atoms with Crippen LogP contribution in [0.1, 0.15) is 57.4 Å². The lowest BCUT2D eigenvalue weighted by atomic mass is 10.1. The fraction of sp³-hybridized carbons (Fsp3) is 0.522. The van der Waals surface area contributed by atoms with Crippen molar-refractivity contribution in [3.63, 3.8) is 0 Å². The summed E-state index contributed by atoms with van der Waals surface area (Å²) in [6.45, 7) is 2.92. The topological polar surface area (TPSA) is 63.7 Å². The Hall–Kier alpha value is -2.14. The van der Waals surface area contributed by atoms with Crippen molar-refractivity contribution < 1.29 is 19.1 Å². The molecular formula is C23H30ClNO4. The van der Waals surface area contributed by atoms with Crippen molar-refractivity contribution in [2.75, 3.05) is 13.2 Å². The van der Waals surface area contributed by atoms with E-state index in [1.54, 1.807) is 25.1 Å². The molecule has 1 aliphatic heterocycles. The van der Waals surface area contributed by atoms with Gasteiger partial charge in [0.05, 0.1) is 12.6 Å². The molecule has 0 aliphatic carbocycles. The Morgan fingerprint density at radius 1 is 1.24 bits per heavy atom. The molecule has 1 fully saturated rings. The molecule has 5 nitrogen and oxygen atoms in total. The van der Waals surface area contributed by atoms with Gasteiger partial charge in [-0.25, -0.2) is 0 Å². The molecule has 1 saturated heterocycles. The van der Waals surface area contributed by atoms with Gasteiger partial charge in [0.25, 0.3) is 0 Å². The number of unbranched alkanes of at least 4 members (excludes halogenated alkanes) is 3. The largest absolute Gasteiger partial charge is 0.466 e. The molecule has 0 radical (unpaired) electrons. The van der Waals surface area contributed by atoms with E-state index in [9.17, 15) is 14.4 Å². The Morgan fingerprint density at radius 2 is 2.03 bits per heavy atom. The van der Waals surface area contributed by atoms with Gasteiger partial charge >= 0.3 is 5.97 Å².